The fourth-order valence-electron chi connectivity index (χ4n) is 11.1. The molecule has 1 aliphatic rings. The molecule has 13 rings (SSSR count). The van der Waals surface area contributed by atoms with Gasteiger partial charge in [0.05, 0.1) is 130 Å². The van der Waals surface area contributed by atoms with Crippen molar-refractivity contribution < 1.29 is 74.8 Å². The summed E-state index contributed by atoms with van der Waals surface area (Å²) in [7, 11) is 4.84. The third-order valence-electron chi connectivity index (χ3n) is 15.9. The molecule has 1 fully saturated rings. The number of benzene rings is 6. The van der Waals surface area contributed by atoms with Crippen molar-refractivity contribution in [1.82, 2.24) is 40.0 Å². The van der Waals surface area contributed by atoms with Crippen LogP contribution in [0.1, 0.15) is 90.0 Å². The van der Waals surface area contributed by atoms with Crippen LogP contribution in [0.4, 0.5) is 19.0 Å². The molecule has 0 saturated carbocycles. The Morgan fingerprint density at radius 2 is 0.810 bits per heavy atom. The van der Waals surface area contributed by atoms with Crippen LogP contribution in [-0.4, -0.2) is 170 Å². The Labute approximate surface area is 699 Å². The molecule has 622 valence electrons. The monoisotopic (exact) mass is 1700 g/mol. The Kier molecular flexibility index (Phi) is 35.9. The Morgan fingerprint density at radius 3 is 1.19 bits per heavy atom. The first kappa shape index (κ1) is 91.9. The summed E-state index contributed by atoms with van der Waals surface area (Å²) in [5, 5.41) is 20.0. The van der Waals surface area contributed by atoms with Gasteiger partial charge in [0.25, 0.3) is 0 Å². The lowest BCUT2D eigenvalue weighted by Gasteiger charge is -2.26. The lowest BCUT2D eigenvalue weighted by atomic mass is 10.2. The van der Waals surface area contributed by atoms with E-state index in [0.717, 1.165) is 112 Å². The predicted octanol–water partition coefficient (Wildman–Crippen LogP) is 21.9. The maximum absolute atomic E-state index is 12.2. The van der Waals surface area contributed by atoms with Gasteiger partial charge in [-0.15, -0.1) is 5.10 Å². The van der Waals surface area contributed by atoms with Gasteiger partial charge < -0.3 is 66.9 Å². The Bertz CT molecular complexity index is 5150. The number of hydrogen-bond acceptors (Lipinski definition) is 22. The second-order valence-electron chi connectivity index (χ2n) is 27.4. The highest BCUT2D eigenvalue weighted by Crippen LogP contribution is 2.39. The van der Waals surface area contributed by atoms with Crippen LogP contribution in [0.3, 0.4) is 0 Å². The molecule has 7 heterocycles. The van der Waals surface area contributed by atoms with Crippen LogP contribution in [0.25, 0.3) is 65.3 Å². The molecular weight excluding hydrogens is 1600 g/mol. The van der Waals surface area contributed by atoms with Crippen molar-refractivity contribution in [1.29, 1.82) is 0 Å². The van der Waals surface area contributed by atoms with Gasteiger partial charge in [-0.05, 0) is 169 Å². The molecule has 1 aliphatic heterocycles. The van der Waals surface area contributed by atoms with Gasteiger partial charge in [0.1, 0.15) is 53.5 Å². The van der Waals surface area contributed by atoms with Crippen LogP contribution < -0.4 is 57.4 Å². The van der Waals surface area contributed by atoms with Gasteiger partial charge in [-0.2, -0.15) is 18.3 Å². The molecule has 0 amide bonds. The number of anilines is 1. The number of aromatic nitrogens is 7. The van der Waals surface area contributed by atoms with Crippen molar-refractivity contribution >= 4 is 129 Å². The molecule has 0 bridgehead atoms. The number of methoxy groups -OCH3 is 3. The van der Waals surface area contributed by atoms with Crippen LogP contribution in [0.15, 0.2) is 146 Å². The number of nitrogens with one attached hydrogen (secondary N) is 1. The molecule has 0 aliphatic carbocycles. The summed E-state index contributed by atoms with van der Waals surface area (Å²) in [5.74, 6) is 6.91. The van der Waals surface area contributed by atoms with E-state index >= 15 is 0 Å². The third kappa shape index (κ3) is 28.1. The lowest BCUT2D eigenvalue weighted by molar-refractivity contribution is -0.154. The number of para-hydroxylation sites is 5. The van der Waals surface area contributed by atoms with Gasteiger partial charge in [0.15, 0.2) is 6.61 Å². The van der Waals surface area contributed by atoms with E-state index in [1.165, 1.54) is 6.07 Å². The summed E-state index contributed by atoms with van der Waals surface area (Å²) in [4.78, 5) is 24.1. The number of rotatable bonds is 26. The molecule has 22 nitrogen and oxygen atoms in total. The van der Waals surface area contributed by atoms with Crippen molar-refractivity contribution in [3.63, 3.8) is 0 Å². The van der Waals surface area contributed by atoms with Crippen molar-refractivity contribution in [2.75, 3.05) is 92.5 Å². The van der Waals surface area contributed by atoms with E-state index in [1.54, 1.807) is 70.0 Å². The number of halogens is 8. The van der Waals surface area contributed by atoms with E-state index in [1.807, 2.05) is 181 Å². The van der Waals surface area contributed by atoms with E-state index in [4.69, 9.17) is 115 Å². The summed E-state index contributed by atoms with van der Waals surface area (Å²) >= 11 is 30.8. The minimum absolute atomic E-state index is 0.0615. The molecule has 0 spiro atoms. The van der Waals surface area contributed by atoms with Crippen molar-refractivity contribution in [3.8, 4) is 63.9 Å². The summed E-state index contributed by atoms with van der Waals surface area (Å²) in [5.41, 5.74) is 3.20. The average molecular weight is 1700 g/mol. The molecule has 0 radical (unpaired) electrons. The number of hydrogen-bond donors (Lipinski definition) is 1. The molecule has 12 aromatic rings. The fourth-order valence-corrected chi connectivity index (χ4v) is 12.2. The molecular formula is C86H99Cl5F3N9O13. The second kappa shape index (κ2) is 45.2. The highest BCUT2D eigenvalue weighted by Gasteiger charge is 2.29. The van der Waals surface area contributed by atoms with Gasteiger partial charge >= 0.3 is 6.18 Å². The first-order valence-corrected chi connectivity index (χ1v) is 39.6. The van der Waals surface area contributed by atoms with Crippen molar-refractivity contribution in [3.05, 3.63) is 171 Å². The lowest BCUT2D eigenvalue weighted by Crippen LogP contribution is -2.38. The van der Waals surface area contributed by atoms with Gasteiger partial charge in [0.2, 0.25) is 29.4 Å². The van der Waals surface area contributed by atoms with Gasteiger partial charge in [0, 0.05) is 101 Å². The number of ether oxygens (including phenoxy) is 13. The molecule has 0 unspecified atom stereocenters. The standard InChI is InChI=1S/C18H23ClN2O3.C15H18ClNO3.C14H13ClF3NO2.C14H17ClN2O.C13H14ClNO2.C12H14N2O2/c1-13(2)24-16-12-17(20-18-14(16)4-3-5-15(18)19)23-11-8-21-6-9-22-10-7-21;1-10(2)20-13-9-14(19-8-7-18-3)17-15-11(13)5-4-6-12(15)16;1-8(2)21-11-6-12(20-7-14(16,17)18)19-13-9(11)4-3-5-10(13)15;1-4-16-13-8-12(18-9(2)3)10-6-5-7-11(15)14(10)17-13;1-8(2)17-11-7-12(16-3)15-13-9(11)5-4-6-10(13)14;1-8(2)16-12-11-5-4-10(15-3)6-9(11)7-13-14-12/h3-5,12-13H,6-11H2,1-2H3;4-6,9-10H,7-8H2,1-3H3;3-6,8H,7H2,1-2H3;5-9H,4H2,1-3H3,(H,16,17);4-8H,1-3H3;4-8H,1-3H3. The number of pyridine rings is 5. The van der Waals surface area contributed by atoms with E-state index in [0.29, 0.717) is 102 Å². The van der Waals surface area contributed by atoms with Crippen molar-refractivity contribution in [2.45, 2.75) is 133 Å². The zero-order chi connectivity index (χ0) is 84.2. The van der Waals surface area contributed by atoms with E-state index in [9.17, 15) is 13.2 Å². The zero-order valence-corrected chi connectivity index (χ0v) is 71.6. The Hall–Kier alpha value is -9.57. The van der Waals surface area contributed by atoms with E-state index in [-0.39, 0.29) is 42.5 Å². The van der Waals surface area contributed by atoms with Gasteiger partial charge in [-0.1, -0.05) is 88.3 Å². The predicted molar refractivity (Wildman–Crippen MR) is 457 cm³/mol. The van der Waals surface area contributed by atoms with Gasteiger partial charge in [-0.3, -0.25) is 4.90 Å². The largest absolute Gasteiger partial charge is 0.497 e. The highest BCUT2D eigenvalue weighted by molar-refractivity contribution is 6.37. The SMILES string of the molecule is CC(C)Oc1cc(OCC(F)(F)F)nc2c(Cl)cccc12.CC(C)Oc1cc(OCCN2CCOCC2)nc2c(Cl)cccc12.CCNc1cc(OC(C)C)c2cccc(Cl)c2n1.COCCOc1cc(OC(C)C)c2cccc(Cl)c2n1.COc1cc(OC(C)C)c2cccc(Cl)c2n1.COc1ccc2c(OC(C)C)nncc2c1. The Morgan fingerprint density at radius 1 is 0.431 bits per heavy atom. The smallest absolute Gasteiger partial charge is 0.422 e. The highest BCUT2D eigenvalue weighted by atomic mass is 35.5. The second-order valence-corrected chi connectivity index (χ2v) is 29.4. The summed E-state index contributed by atoms with van der Waals surface area (Å²) in [6.07, 6.45) is -2.47. The minimum atomic E-state index is -4.43. The molecule has 6 aromatic carbocycles. The van der Waals surface area contributed by atoms with Crippen LogP contribution in [0.2, 0.25) is 25.1 Å². The van der Waals surface area contributed by atoms with E-state index < -0.39 is 12.8 Å². The fraction of sp³-hybridized carbons (Fsp3) is 0.384. The summed E-state index contributed by atoms with van der Waals surface area (Å²) in [6.45, 7) is 30.7. The van der Waals surface area contributed by atoms with Crippen LogP contribution >= 0.6 is 58.0 Å². The average Bonchev–Trinajstić information content (AvgIpc) is 0.821. The number of alkyl halides is 3. The van der Waals surface area contributed by atoms with E-state index in [2.05, 4.69) is 50.1 Å². The van der Waals surface area contributed by atoms with Gasteiger partial charge in [-0.25, -0.2) is 24.9 Å². The quantitative estimate of drug-likeness (QED) is 0.0497. The topological polar surface area (TPSA) is 225 Å². The maximum Gasteiger partial charge on any atom is 0.422 e. The summed E-state index contributed by atoms with van der Waals surface area (Å²) < 4.78 is 108. The zero-order valence-electron chi connectivity index (χ0n) is 67.8. The number of fused-ring (bicyclic) bond motifs is 6. The molecule has 1 saturated heterocycles. The normalized spacial score (nSPS) is 12.1. The number of nitrogens with zero attached hydrogens (tertiary/aromatic N) is 8. The summed E-state index contributed by atoms with van der Waals surface area (Å²) in [6, 6.07) is 42.1. The van der Waals surface area contributed by atoms with Crippen LogP contribution in [0, 0.1) is 0 Å². The molecule has 1 N–H and O–H groups in total. The number of morpholine rings is 1. The minimum Gasteiger partial charge on any atom is -0.497 e. The Balaban J connectivity index is 0.000000175. The first-order valence-electron chi connectivity index (χ1n) is 37.7. The molecule has 0 atom stereocenters. The van der Waals surface area contributed by atoms with Crippen LogP contribution in [0.5, 0.6) is 63.9 Å². The molecule has 30 heteroatoms. The molecule has 6 aromatic heterocycles. The first-order chi connectivity index (χ1) is 55.4. The van der Waals surface area contributed by atoms with Crippen molar-refractivity contribution in [2.24, 2.45) is 0 Å². The maximum atomic E-state index is 12.2. The van der Waals surface area contributed by atoms with Crippen LogP contribution in [-0.2, 0) is 9.47 Å². The third-order valence-corrected chi connectivity index (χ3v) is 17.4. The molecule has 116 heavy (non-hydrogen) atoms.